The molecule has 0 aromatic rings. The number of hydrogen-bond acceptors (Lipinski definition) is 3. The van der Waals surface area contributed by atoms with Gasteiger partial charge in [-0.2, -0.15) is 0 Å². The number of piperidine rings is 1. The number of morpholine rings is 1. The summed E-state index contributed by atoms with van der Waals surface area (Å²) in [7, 11) is 0. The largest absolute Gasteiger partial charge is 0.375 e. The lowest BCUT2D eigenvalue weighted by Gasteiger charge is -2.40. The van der Waals surface area contributed by atoms with E-state index in [-0.39, 0.29) is 35.6 Å². The van der Waals surface area contributed by atoms with Gasteiger partial charge in [0.25, 0.3) is 0 Å². The Morgan fingerprint density at radius 1 is 1.24 bits per heavy atom. The number of rotatable bonds is 3. The van der Waals surface area contributed by atoms with Gasteiger partial charge in [0.1, 0.15) is 0 Å². The summed E-state index contributed by atoms with van der Waals surface area (Å²) in [5.41, 5.74) is 6.25. The Hall–Kier alpha value is -0.0800. The molecular weight excluding hydrogens is 379 g/mol. The molecule has 21 heavy (non-hydrogen) atoms. The van der Waals surface area contributed by atoms with E-state index in [0.29, 0.717) is 5.96 Å². The van der Waals surface area contributed by atoms with Gasteiger partial charge >= 0.3 is 0 Å². The van der Waals surface area contributed by atoms with Gasteiger partial charge < -0.3 is 15.4 Å². The molecule has 0 bridgehead atoms. The van der Waals surface area contributed by atoms with Crippen LogP contribution in [-0.2, 0) is 4.74 Å². The van der Waals surface area contributed by atoms with Gasteiger partial charge in [-0.3, -0.25) is 9.89 Å². The molecule has 0 spiro atoms. The third kappa shape index (κ3) is 5.56. The molecule has 1 unspecified atom stereocenters. The first kappa shape index (κ1) is 19.0. The first-order valence-electron chi connectivity index (χ1n) is 7.90. The zero-order chi connectivity index (χ0) is 14.6. The minimum atomic E-state index is 0. The Balaban J connectivity index is 0.00000220. The fourth-order valence-corrected chi connectivity index (χ4v) is 3.00. The Labute approximate surface area is 146 Å². The van der Waals surface area contributed by atoms with Crippen LogP contribution >= 0.6 is 24.0 Å². The molecule has 0 radical (unpaired) electrons. The number of halogens is 1. The van der Waals surface area contributed by atoms with Gasteiger partial charge in [-0.05, 0) is 46.7 Å². The molecule has 2 heterocycles. The summed E-state index contributed by atoms with van der Waals surface area (Å²) in [6.45, 7) is 12.2. The molecule has 2 rings (SSSR count). The second-order valence-electron chi connectivity index (χ2n) is 6.66. The van der Waals surface area contributed by atoms with Crippen LogP contribution in [0.4, 0.5) is 0 Å². The number of hydrogen-bond donors (Lipinski definition) is 1. The van der Waals surface area contributed by atoms with Gasteiger partial charge in [-0.1, -0.05) is 6.42 Å². The number of ether oxygens (including phenoxy) is 1. The average Bonchev–Trinajstić information content (AvgIpc) is 2.46. The maximum atomic E-state index is 6.15. The maximum Gasteiger partial charge on any atom is 0.191 e. The fraction of sp³-hybridized carbons (Fsp3) is 0.933. The number of nitrogens with zero attached hydrogens (tertiary/aromatic N) is 3. The van der Waals surface area contributed by atoms with Crippen molar-refractivity contribution < 1.29 is 4.74 Å². The fourth-order valence-electron chi connectivity index (χ4n) is 3.00. The van der Waals surface area contributed by atoms with E-state index in [0.717, 1.165) is 26.2 Å². The highest BCUT2D eigenvalue weighted by molar-refractivity contribution is 14.0. The monoisotopic (exact) mass is 410 g/mol. The molecule has 2 aliphatic heterocycles. The molecule has 5 nitrogen and oxygen atoms in total. The lowest BCUT2D eigenvalue weighted by molar-refractivity contribution is 0.00516. The van der Waals surface area contributed by atoms with E-state index in [1.807, 2.05) is 0 Å². The standard InChI is InChI=1S/C15H30N4O.HI/c1-13-11-18(9-10-20-13)14(16)17-12-15(2,3)19-7-5-4-6-8-19;/h13H,4-12H2,1-3H3,(H2,16,17);1H. The van der Waals surface area contributed by atoms with Crippen molar-refractivity contribution in [3.63, 3.8) is 0 Å². The molecule has 2 saturated heterocycles. The van der Waals surface area contributed by atoms with Crippen LogP contribution in [0.1, 0.15) is 40.0 Å². The third-order valence-corrected chi connectivity index (χ3v) is 4.41. The average molecular weight is 410 g/mol. The van der Waals surface area contributed by atoms with E-state index < -0.39 is 0 Å². The molecule has 2 aliphatic rings. The van der Waals surface area contributed by atoms with Crippen LogP contribution in [0.15, 0.2) is 4.99 Å². The molecule has 0 amide bonds. The summed E-state index contributed by atoms with van der Waals surface area (Å²) in [5, 5.41) is 0. The summed E-state index contributed by atoms with van der Waals surface area (Å²) in [6, 6.07) is 0. The second kappa shape index (κ2) is 8.53. The van der Waals surface area contributed by atoms with Crippen LogP contribution in [0, 0.1) is 0 Å². The zero-order valence-electron chi connectivity index (χ0n) is 13.7. The van der Waals surface area contributed by atoms with Crippen LogP contribution in [0.5, 0.6) is 0 Å². The van der Waals surface area contributed by atoms with Crippen molar-refractivity contribution >= 4 is 29.9 Å². The molecule has 0 saturated carbocycles. The van der Waals surface area contributed by atoms with Gasteiger partial charge in [0.05, 0.1) is 19.3 Å². The smallest absolute Gasteiger partial charge is 0.191 e. The van der Waals surface area contributed by atoms with Gasteiger partial charge in [0, 0.05) is 18.6 Å². The van der Waals surface area contributed by atoms with Gasteiger partial charge in [0.2, 0.25) is 0 Å². The van der Waals surface area contributed by atoms with Crippen LogP contribution in [0.2, 0.25) is 0 Å². The number of nitrogens with two attached hydrogens (primary N) is 1. The van der Waals surface area contributed by atoms with Crippen molar-refractivity contribution in [1.82, 2.24) is 9.80 Å². The number of aliphatic imine (C=N–C) groups is 1. The summed E-state index contributed by atoms with van der Waals surface area (Å²) >= 11 is 0. The lowest BCUT2D eigenvalue weighted by Crippen LogP contribution is -2.51. The van der Waals surface area contributed by atoms with Gasteiger partial charge in [0.15, 0.2) is 5.96 Å². The van der Waals surface area contributed by atoms with E-state index in [4.69, 9.17) is 10.5 Å². The first-order valence-corrected chi connectivity index (χ1v) is 7.90. The summed E-state index contributed by atoms with van der Waals surface area (Å²) in [5.74, 6) is 0.672. The minimum Gasteiger partial charge on any atom is -0.375 e. The maximum absolute atomic E-state index is 6.15. The summed E-state index contributed by atoms with van der Waals surface area (Å²) in [6.07, 6.45) is 4.23. The molecule has 0 aromatic heterocycles. The Morgan fingerprint density at radius 2 is 1.90 bits per heavy atom. The Bertz CT molecular complexity index is 343. The highest BCUT2D eigenvalue weighted by Gasteiger charge is 2.28. The molecule has 1 atom stereocenters. The predicted molar refractivity (Wildman–Crippen MR) is 98.4 cm³/mol. The highest BCUT2D eigenvalue weighted by atomic mass is 127. The van der Waals surface area contributed by atoms with E-state index in [9.17, 15) is 0 Å². The Morgan fingerprint density at radius 3 is 2.52 bits per heavy atom. The lowest BCUT2D eigenvalue weighted by atomic mass is 9.99. The summed E-state index contributed by atoms with van der Waals surface area (Å²) in [4.78, 5) is 9.34. The normalized spacial score (nSPS) is 25.6. The molecule has 2 N–H and O–H groups in total. The van der Waals surface area contributed by atoms with E-state index >= 15 is 0 Å². The van der Waals surface area contributed by atoms with Crippen LogP contribution in [0.3, 0.4) is 0 Å². The molecule has 0 aromatic carbocycles. The van der Waals surface area contributed by atoms with Gasteiger partial charge in [-0.25, -0.2) is 0 Å². The first-order chi connectivity index (χ1) is 9.49. The van der Waals surface area contributed by atoms with E-state index in [2.05, 4.69) is 35.6 Å². The van der Waals surface area contributed by atoms with Gasteiger partial charge in [-0.15, -0.1) is 24.0 Å². The van der Waals surface area contributed by atoms with E-state index in [1.165, 1.54) is 32.4 Å². The Kier molecular flexibility index (Phi) is 7.70. The van der Waals surface area contributed by atoms with Crippen molar-refractivity contribution in [3.05, 3.63) is 0 Å². The van der Waals surface area contributed by atoms with Crippen LogP contribution in [0.25, 0.3) is 0 Å². The summed E-state index contributed by atoms with van der Waals surface area (Å²) < 4.78 is 5.54. The zero-order valence-corrected chi connectivity index (χ0v) is 16.0. The van der Waals surface area contributed by atoms with Crippen molar-refractivity contribution in [3.8, 4) is 0 Å². The van der Waals surface area contributed by atoms with Crippen molar-refractivity contribution in [1.29, 1.82) is 0 Å². The molecular formula is C15H31IN4O. The SMILES string of the molecule is CC1CN(C(N)=NCC(C)(C)N2CCCCC2)CCO1.I. The van der Waals surface area contributed by atoms with Crippen LogP contribution < -0.4 is 5.73 Å². The quantitative estimate of drug-likeness (QED) is 0.439. The van der Waals surface area contributed by atoms with Crippen LogP contribution in [-0.4, -0.2) is 66.7 Å². The molecule has 124 valence electrons. The number of guanidine groups is 1. The predicted octanol–water partition coefficient (Wildman–Crippen LogP) is 1.90. The highest BCUT2D eigenvalue weighted by Crippen LogP contribution is 2.20. The number of likely N-dealkylation sites (tertiary alicyclic amines) is 1. The van der Waals surface area contributed by atoms with Crippen molar-refractivity contribution in [2.75, 3.05) is 39.3 Å². The topological polar surface area (TPSA) is 54.1 Å². The van der Waals surface area contributed by atoms with E-state index in [1.54, 1.807) is 0 Å². The second-order valence-corrected chi connectivity index (χ2v) is 6.66. The molecule has 0 aliphatic carbocycles. The van der Waals surface area contributed by atoms with Crippen molar-refractivity contribution in [2.45, 2.75) is 51.7 Å². The minimum absolute atomic E-state index is 0. The third-order valence-electron chi connectivity index (χ3n) is 4.41. The molecule has 2 fully saturated rings. The molecule has 6 heteroatoms. The van der Waals surface area contributed by atoms with Crippen molar-refractivity contribution in [2.24, 2.45) is 10.7 Å².